The molecule has 0 bridgehead atoms. The summed E-state index contributed by atoms with van der Waals surface area (Å²) in [5, 5.41) is 16.8. The number of halogens is 2. The summed E-state index contributed by atoms with van der Waals surface area (Å²) < 4.78 is 5.55. The maximum atomic E-state index is 11.4. The molecule has 9 heteroatoms. The number of H-pyrrole nitrogens is 1. The van der Waals surface area contributed by atoms with Gasteiger partial charge in [0.1, 0.15) is 0 Å². The lowest BCUT2D eigenvalue weighted by molar-refractivity contribution is -0.384. The Labute approximate surface area is 135 Å². The molecular formula is C13H11Cl2N3O4. The van der Waals surface area contributed by atoms with Crippen LogP contribution in [0.1, 0.15) is 25.3 Å². The van der Waals surface area contributed by atoms with Crippen LogP contribution < -0.4 is 10.3 Å². The summed E-state index contributed by atoms with van der Waals surface area (Å²) in [6, 6.07) is 3.62. The quantitative estimate of drug-likeness (QED) is 0.670. The molecule has 2 rings (SSSR count). The lowest BCUT2D eigenvalue weighted by Crippen LogP contribution is -2.11. The lowest BCUT2D eigenvalue weighted by atomic mass is 10.1. The Balaban J connectivity index is 2.48. The second-order valence-electron chi connectivity index (χ2n) is 4.75. The fourth-order valence-electron chi connectivity index (χ4n) is 1.75. The van der Waals surface area contributed by atoms with Gasteiger partial charge in [-0.05, 0) is 5.92 Å². The molecule has 1 aromatic carbocycles. The van der Waals surface area contributed by atoms with E-state index in [1.165, 1.54) is 6.07 Å². The molecule has 0 aliphatic heterocycles. The van der Waals surface area contributed by atoms with E-state index in [1.54, 1.807) is 0 Å². The smallest absolute Gasteiger partial charge is 0.272 e. The van der Waals surface area contributed by atoms with Gasteiger partial charge in [0.15, 0.2) is 5.75 Å². The van der Waals surface area contributed by atoms with Gasteiger partial charge in [-0.1, -0.05) is 37.0 Å². The second-order valence-corrected chi connectivity index (χ2v) is 5.56. The van der Waals surface area contributed by atoms with Crippen LogP contribution in [0.4, 0.5) is 5.69 Å². The zero-order chi connectivity index (χ0) is 16.4. The fraction of sp³-hybridized carbons (Fsp3) is 0.231. The van der Waals surface area contributed by atoms with Crippen LogP contribution in [0.2, 0.25) is 10.0 Å². The molecule has 0 amide bonds. The molecule has 116 valence electrons. The van der Waals surface area contributed by atoms with E-state index in [2.05, 4.69) is 10.2 Å². The minimum Gasteiger partial charge on any atom is -0.434 e. The van der Waals surface area contributed by atoms with Crippen molar-refractivity contribution >= 4 is 28.9 Å². The van der Waals surface area contributed by atoms with Gasteiger partial charge < -0.3 is 4.74 Å². The molecule has 0 atom stereocenters. The number of hydrogen-bond donors (Lipinski definition) is 1. The fourth-order valence-corrected chi connectivity index (χ4v) is 2.30. The molecule has 0 fully saturated rings. The van der Waals surface area contributed by atoms with Crippen LogP contribution in [-0.4, -0.2) is 15.1 Å². The summed E-state index contributed by atoms with van der Waals surface area (Å²) in [6.45, 7) is 3.73. The second kappa shape index (κ2) is 6.33. The Kier molecular flexibility index (Phi) is 4.68. The van der Waals surface area contributed by atoms with E-state index in [1.807, 2.05) is 13.8 Å². The molecule has 0 saturated heterocycles. The number of nitro benzene ring substituents is 1. The average molecular weight is 344 g/mol. The third-order valence-electron chi connectivity index (χ3n) is 2.82. The highest BCUT2D eigenvalue weighted by molar-refractivity contribution is 6.37. The van der Waals surface area contributed by atoms with Crippen molar-refractivity contribution in [2.24, 2.45) is 0 Å². The molecule has 0 aliphatic carbocycles. The van der Waals surface area contributed by atoms with Gasteiger partial charge in [0.05, 0.1) is 15.0 Å². The Bertz CT molecular complexity index is 766. The van der Waals surface area contributed by atoms with Gasteiger partial charge in [0.25, 0.3) is 11.2 Å². The molecule has 7 nitrogen and oxygen atoms in total. The summed E-state index contributed by atoms with van der Waals surface area (Å²) >= 11 is 12.0. The topological polar surface area (TPSA) is 98.1 Å². The van der Waals surface area contributed by atoms with Crippen LogP contribution >= 0.6 is 23.2 Å². The first-order chi connectivity index (χ1) is 10.3. The summed E-state index contributed by atoms with van der Waals surface area (Å²) in [6.07, 6.45) is 0. The number of nitrogens with zero attached hydrogens (tertiary/aromatic N) is 2. The van der Waals surface area contributed by atoms with Crippen molar-refractivity contribution in [3.8, 4) is 11.6 Å². The number of rotatable bonds is 4. The van der Waals surface area contributed by atoms with Crippen LogP contribution in [0.25, 0.3) is 0 Å². The van der Waals surface area contributed by atoms with E-state index < -0.39 is 4.92 Å². The van der Waals surface area contributed by atoms with E-state index in [9.17, 15) is 14.9 Å². The maximum Gasteiger partial charge on any atom is 0.272 e. The third kappa shape index (κ3) is 3.37. The van der Waals surface area contributed by atoms with Gasteiger partial charge >= 0.3 is 0 Å². The summed E-state index contributed by atoms with van der Waals surface area (Å²) in [5.74, 6) is 0.142. The van der Waals surface area contributed by atoms with Gasteiger partial charge in [-0.2, -0.15) is 0 Å². The van der Waals surface area contributed by atoms with Crippen LogP contribution in [0.3, 0.4) is 0 Å². The Morgan fingerprint density at radius 3 is 2.36 bits per heavy atom. The molecule has 0 saturated carbocycles. The highest BCUT2D eigenvalue weighted by Crippen LogP contribution is 2.40. The highest BCUT2D eigenvalue weighted by atomic mass is 35.5. The SMILES string of the molecule is CC(C)c1cc(=O)[nH]nc1Oc1c(Cl)cc([N+](=O)[O-])cc1Cl. The minimum atomic E-state index is -0.612. The van der Waals surface area contributed by atoms with Gasteiger partial charge in [-0.15, -0.1) is 5.10 Å². The van der Waals surface area contributed by atoms with Crippen molar-refractivity contribution < 1.29 is 9.66 Å². The van der Waals surface area contributed by atoms with E-state index >= 15 is 0 Å². The van der Waals surface area contributed by atoms with Gasteiger partial charge in [0, 0.05) is 23.8 Å². The number of hydrogen-bond acceptors (Lipinski definition) is 5. The van der Waals surface area contributed by atoms with E-state index in [0.717, 1.165) is 12.1 Å². The van der Waals surface area contributed by atoms with Crippen molar-refractivity contribution in [3.05, 3.63) is 54.3 Å². The monoisotopic (exact) mass is 343 g/mol. The number of nitrogens with one attached hydrogen (secondary N) is 1. The van der Waals surface area contributed by atoms with Crippen LogP contribution in [-0.2, 0) is 0 Å². The van der Waals surface area contributed by atoms with Gasteiger partial charge in [-0.25, -0.2) is 5.10 Å². The first-order valence-corrected chi connectivity index (χ1v) is 6.96. The van der Waals surface area contributed by atoms with Crippen molar-refractivity contribution in [1.29, 1.82) is 0 Å². The Hall–Kier alpha value is -2.12. The van der Waals surface area contributed by atoms with E-state index in [4.69, 9.17) is 27.9 Å². The molecule has 2 aromatic rings. The first-order valence-electron chi connectivity index (χ1n) is 6.20. The predicted octanol–water partition coefficient (Wildman–Crippen LogP) is 3.90. The third-order valence-corrected chi connectivity index (χ3v) is 3.38. The summed E-state index contributed by atoms with van der Waals surface area (Å²) in [4.78, 5) is 21.5. The van der Waals surface area contributed by atoms with Crippen molar-refractivity contribution in [3.63, 3.8) is 0 Å². The van der Waals surface area contributed by atoms with Crippen molar-refractivity contribution in [2.45, 2.75) is 19.8 Å². The highest BCUT2D eigenvalue weighted by Gasteiger charge is 2.19. The minimum absolute atomic E-state index is 0.0260. The van der Waals surface area contributed by atoms with Crippen LogP contribution in [0.5, 0.6) is 11.6 Å². The number of ether oxygens (including phenoxy) is 1. The number of benzene rings is 1. The predicted molar refractivity (Wildman–Crippen MR) is 82.1 cm³/mol. The van der Waals surface area contributed by atoms with E-state index in [-0.39, 0.29) is 38.8 Å². The molecule has 0 radical (unpaired) electrons. The van der Waals surface area contributed by atoms with E-state index in [0.29, 0.717) is 5.56 Å². The standard InChI is InChI=1S/C13H11Cl2N3O4/c1-6(2)8-5-11(19)16-17-13(8)22-12-9(14)3-7(18(20)21)4-10(12)15/h3-6H,1-2H3,(H,16,19). The zero-order valence-electron chi connectivity index (χ0n) is 11.6. The van der Waals surface area contributed by atoms with Crippen LogP contribution in [0, 0.1) is 10.1 Å². The molecule has 0 spiro atoms. The molecule has 1 heterocycles. The lowest BCUT2D eigenvalue weighted by Gasteiger charge is -2.13. The number of aromatic amines is 1. The molecule has 22 heavy (non-hydrogen) atoms. The number of aromatic nitrogens is 2. The van der Waals surface area contributed by atoms with Crippen molar-refractivity contribution in [2.75, 3.05) is 0 Å². The molecule has 1 aromatic heterocycles. The Morgan fingerprint density at radius 1 is 1.27 bits per heavy atom. The van der Waals surface area contributed by atoms with Gasteiger partial charge in [-0.3, -0.25) is 14.9 Å². The van der Waals surface area contributed by atoms with Gasteiger partial charge in [0.2, 0.25) is 5.88 Å². The molecule has 0 unspecified atom stereocenters. The number of non-ortho nitro benzene ring substituents is 1. The maximum absolute atomic E-state index is 11.4. The zero-order valence-corrected chi connectivity index (χ0v) is 13.1. The summed E-state index contributed by atoms with van der Waals surface area (Å²) in [7, 11) is 0. The summed E-state index contributed by atoms with van der Waals surface area (Å²) in [5.41, 5.74) is -0.0490. The first kappa shape index (κ1) is 16.3. The molecule has 0 aliphatic rings. The number of nitro groups is 1. The Morgan fingerprint density at radius 2 is 1.86 bits per heavy atom. The average Bonchev–Trinajstić information content (AvgIpc) is 2.43. The van der Waals surface area contributed by atoms with Crippen molar-refractivity contribution in [1.82, 2.24) is 10.2 Å². The molecule has 1 N–H and O–H groups in total. The molecular weight excluding hydrogens is 333 g/mol. The van der Waals surface area contributed by atoms with Crippen LogP contribution in [0.15, 0.2) is 23.0 Å². The normalized spacial score (nSPS) is 10.8. The largest absolute Gasteiger partial charge is 0.434 e.